The fourth-order valence-corrected chi connectivity index (χ4v) is 2.54. The number of hydrogen-bond acceptors (Lipinski definition) is 2. The van der Waals surface area contributed by atoms with Crippen molar-refractivity contribution in [3.05, 3.63) is 41.1 Å². The predicted molar refractivity (Wildman–Crippen MR) is 69.0 cm³/mol. The highest BCUT2D eigenvalue weighted by atomic mass is 19.4. The molecular weight excluding hydrogens is 283 g/mol. The molecule has 1 aliphatic rings. The molecule has 1 aromatic carbocycles. The highest BCUT2D eigenvalue weighted by molar-refractivity contribution is 5.66. The van der Waals surface area contributed by atoms with E-state index in [1.54, 1.807) is 16.6 Å². The Balaban J connectivity index is 1.99. The van der Waals surface area contributed by atoms with Crippen LogP contribution in [0.3, 0.4) is 0 Å². The molecule has 0 bridgehead atoms. The van der Waals surface area contributed by atoms with E-state index in [1.807, 2.05) is 0 Å². The van der Waals surface area contributed by atoms with Crippen molar-refractivity contribution in [3.8, 4) is 11.3 Å². The molecule has 21 heavy (non-hydrogen) atoms. The summed E-state index contributed by atoms with van der Waals surface area (Å²) in [5.74, 6) is 0. The molecule has 1 amide bonds. The lowest BCUT2D eigenvalue weighted by molar-refractivity contribution is -0.137. The zero-order valence-electron chi connectivity index (χ0n) is 11.2. The van der Waals surface area contributed by atoms with Crippen LogP contribution in [0.15, 0.2) is 24.3 Å². The van der Waals surface area contributed by atoms with Crippen molar-refractivity contribution in [2.75, 3.05) is 0 Å². The van der Waals surface area contributed by atoms with Crippen LogP contribution in [0.4, 0.5) is 13.2 Å². The van der Waals surface area contributed by atoms with Crippen molar-refractivity contribution in [3.63, 3.8) is 0 Å². The molecule has 0 saturated carbocycles. The Morgan fingerprint density at radius 3 is 2.43 bits per heavy atom. The maximum atomic E-state index is 12.6. The van der Waals surface area contributed by atoms with E-state index in [0.29, 0.717) is 24.3 Å². The standard InChI is InChI=1S/C14H12F3N3O/c1-19-12-7-20(8-21)6-11(12)13(18-19)9-2-4-10(5-3-9)14(15,16)17/h2-5,8H,6-7H2,1H3. The number of aromatic nitrogens is 2. The number of fused-ring (bicyclic) bond motifs is 1. The fourth-order valence-electron chi connectivity index (χ4n) is 2.54. The first-order valence-electron chi connectivity index (χ1n) is 6.32. The Hall–Kier alpha value is -2.31. The normalized spacial score (nSPS) is 14.4. The Morgan fingerprint density at radius 1 is 1.19 bits per heavy atom. The summed E-state index contributed by atoms with van der Waals surface area (Å²) < 4.78 is 39.4. The molecule has 2 aromatic rings. The molecule has 0 aliphatic carbocycles. The van der Waals surface area contributed by atoms with Gasteiger partial charge >= 0.3 is 6.18 Å². The molecule has 7 heteroatoms. The molecule has 4 nitrogen and oxygen atoms in total. The Bertz CT molecular complexity index is 689. The third-order valence-corrected chi connectivity index (χ3v) is 3.62. The Kier molecular flexibility index (Phi) is 3.00. The van der Waals surface area contributed by atoms with Gasteiger partial charge in [0.2, 0.25) is 6.41 Å². The van der Waals surface area contributed by atoms with E-state index in [1.165, 1.54) is 12.1 Å². The van der Waals surface area contributed by atoms with Crippen LogP contribution in [0.2, 0.25) is 0 Å². The number of carbonyl (C=O) groups excluding carboxylic acids is 1. The van der Waals surface area contributed by atoms with Gasteiger partial charge < -0.3 is 4.90 Å². The molecule has 0 saturated heterocycles. The highest BCUT2D eigenvalue weighted by Crippen LogP contribution is 2.34. The number of alkyl halides is 3. The van der Waals surface area contributed by atoms with E-state index in [-0.39, 0.29) is 0 Å². The van der Waals surface area contributed by atoms with Crippen LogP contribution in [-0.2, 0) is 31.1 Å². The molecule has 110 valence electrons. The van der Waals surface area contributed by atoms with Crippen molar-refractivity contribution in [2.45, 2.75) is 19.3 Å². The van der Waals surface area contributed by atoms with Crippen molar-refractivity contribution in [2.24, 2.45) is 7.05 Å². The molecule has 3 rings (SSSR count). The van der Waals surface area contributed by atoms with Crippen LogP contribution in [-0.4, -0.2) is 21.1 Å². The second-order valence-corrected chi connectivity index (χ2v) is 4.98. The zero-order chi connectivity index (χ0) is 15.2. The van der Waals surface area contributed by atoms with Crippen LogP contribution in [0.5, 0.6) is 0 Å². The van der Waals surface area contributed by atoms with E-state index in [0.717, 1.165) is 29.8 Å². The Morgan fingerprint density at radius 2 is 1.86 bits per heavy atom. The Labute approximate surface area is 118 Å². The third kappa shape index (κ3) is 2.28. The monoisotopic (exact) mass is 295 g/mol. The third-order valence-electron chi connectivity index (χ3n) is 3.62. The quantitative estimate of drug-likeness (QED) is 0.799. The van der Waals surface area contributed by atoms with Gasteiger partial charge in [-0.2, -0.15) is 18.3 Å². The predicted octanol–water partition coefficient (Wildman–Crippen LogP) is 2.58. The van der Waals surface area contributed by atoms with Gasteiger partial charge in [-0.25, -0.2) is 0 Å². The van der Waals surface area contributed by atoms with E-state index in [4.69, 9.17) is 0 Å². The number of benzene rings is 1. The lowest BCUT2D eigenvalue weighted by atomic mass is 10.1. The van der Waals surface area contributed by atoms with E-state index >= 15 is 0 Å². The van der Waals surface area contributed by atoms with Gasteiger partial charge in [-0.3, -0.25) is 9.48 Å². The van der Waals surface area contributed by atoms with Crippen LogP contribution in [0, 0.1) is 0 Å². The van der Waals surface area contributed by atoms with Gasteiger partial charge in [0.1, 0.15) is 0 Å². The molecule has 0 unspecified atom stereocenters. The topological polar surface area (TPSA) is 38.1 Å². The van der Waals surface area contributed by atoms with Crippen LogP contribution in [0.1, 0.15) is 16.8 Å². The molecule has 0 atom stereocenters. The number of nitrogens with zero attached hydrogens (tertiary/aromatic N) is 3. The average molecular weight is 295 g/mol. The summed E-state index contributed by atoms with van der Waals surface area (Å²) in [5.41, 5.74) is 2.37. The average Bonchev–Trinajstić information content (AvgIpc) is 2.99. The summed E-state index contributed by atoms with van der Waals surface area (Å²) in [6.07, 6.45) is -3.59. The first kappa shape index (κ1) is 13.7. The number of hydrogen-bond donors (Lipinski definition) is 0. The minimum Gasteiger partial charge on any atom is -0.335 e. The molecule has 1 aliphatic heterocycles. The van der Waals surface area contributed by atoms with Crippen molar-refractivity contribution in [1.29, 1.82) is 0 Å². The number of amides is 1. The smallest absolute Gasteiger partial charge is 0.335 e. The second kappa shape index (κ2) is 4.61. The second-order valence-electron chi connectivity index (χ2n) is 4.98. The minimum absolute atomic E-state index is 0.434. The summed E-state index contributed by atoms with van der Waals surface area (Å²) in [7, 11) is 1.76. The van der Waals surface area contributed by atoms with Gasteiger partial charge in [0.05, 0.1) is 23.5 Å². The summed E-state index contributed by atoms with van der Waals surface area (Å²) in [4.78, 5) is 12.5. The van der Waals surface area contributed by atoms with Gasteiger partial charge in [-0.1, -0.05) is 12.1 Å². The lowest BCUT2D eigenvalue weighted by Gasteiger charge is -2.09. The molecule has 1 aromatic heterocycles. The highest BCUT2D eigenvalue weighted by Gasteiger charge is 2.31. The summed E-state index contributed by atoms with van der Waals surface area (Å²) >= 11 is 0. The van der Waals surface area contributed by atoms with Crippen LogP contribution >= 0.6 is 0 Å². The van der Waals surface area contributed by atoms with Gasteiger partial charge in [0, 0.05) is 24.7 Å². The lowest BCUT2D eigenvalue weighted by Crippen LogP contribution is -2.15. The van der Waals surface area contributed by atoms with Gasteiger partial charge in [0.25, 0.3) is 0 Å². The zero-order valence-corrected chi connectivity index (χ0v) is 11.2. The molecule has 0 radical (unpaired) electrons. The number of carbonyl (C=O) groups is 1. The molecule has 0 N–H and O–H groups in total. The number of rotatable bonds is 2. The van der Waals surface area contributed by atoms with Gasteiger partial charge in [-0.15, -0.1) is 0 Å². The van der Waals surface area contributed by atoms with E-state index in [2.05, 4.69) is 5.10 Å². The van der Waals surface area contributed by atoms with Crippen LogP contribution in [0.25, 0.3) is 11.3 Å². The minimum atomic E-state index is -4.35. The van der Waals surface area contributed by atoms with Crippen molar-refractivity contribution in [1.82, 2.24) is 14.7 Å². The maximum Gasteiger partial charge on any atom is 0.416 e. The largest absolute Gasteiger partial charge is 0.416 e. The van der Waals surface area contributed by atoms with Crippen molar-refractivity contribution >= 4 is 6.41 Å². The first-order chi connectivity index (χ1) is 9.90. The van der Waals surface area contributed by atoms with E-state index < -0.39 is 11.7 Å². The molecule has 2 heterocycles. The fraction of sp³-hybridized carbons (Fsp3) is 0.286. The van der Waals surface area contributed by atoms with Gasteiger partial charge in [-0.05, 0) is 12.1 Å². The van der Waals surface area contributed by atoms with Crippen molar-refractivity contribution < 1.29 is 18.0 Å². The SMILES string of the molecule is Cn1nc(-c2ccc(C(F)(F)F)cc2)c2c1CN(C=O)C2. The van der Waals surface area contributed by atoms with Crippen LogP contribution < -0.4 is 0 Å². The summed E-state index contributed by atoms with van der Waals surface area (Å²) in [6.45, 7) is 0.909. The summed E-state index contributed by atoms with van der Waals surface area (Å²) in [5, 5.41) is 4.36. The molecular formula is C14H12F3N3O. The number of aryl methyl sites for hydroxylation is 1. The maximum absolute atomic E-state index is 12.6. The first-order valence-corrected chi connectivity index (χ1v) is 6.32. The summed E-state index contributed by atoms with van der Waals surface area (Å²) in [6, 6.07) is 4.91. The molecule has 0 fully saturated rings. The van der Waals surface area contributed by atoms with Gasteiger partial charge in [0.15, 0.2) is 0 Å². The number of halogens is 3. The van der Waals surface area contributed by atoms with E-state index in [9.17, 15) is 18.0 Å². The molecule has 0 spiro atoms.